The number of hydrogen-bond donors (Lipinski definition) is 2. The maximum atomic E-state index is 12.5. The summed E-state index contributed by atoms with van der Waals surface area (Å²) in [6.45, 7) is 1.22. The molecule has 0 amide bonds. The van der Waals surface area contributed by atoms with Crippen LogP contribution in [0.3, 0.4) is 0 Å². The fourth-order valence-corrected chi connectivity index (χ4v) is 5.09. The van der Waals surface area contributed by atoms with E-state index in [1.54, 1.807) is 12.1 Å². The summed E-state index contributed by atoms with van der Waals surface area (Å²) < 4.78 is 49.3. The van der Waals surface area contributed by atoms with Crippen LogP contribution in [0.15, 0.2) is 52.3 Å². The lowest BCUT2D eigenvalue weighted by Gasteiger charge is -2.15. The molecule has 0 atom stereocenters. The molecule has 1 saturated heterocycles. The Kier molecular flexibility index (Phi) is 5.89. The Bertz CT molecular complexity index is 1130. The summed E-state index contributed by atoms with van der Waals surface area (Å²) in [4.78, 5) is 10.4. The van der Waals surface area contributed by atoms with Crippen LogP contribution in [0.5, 0.6) is 0 Å². The van der Waals surface area contributed by atoms with Gasteiger partial charge in [-0.3, -0.25) is 10.1 Å². The number of primary sulfonamides is 1. The Hall–Kier alpha value is -2.54. The highest BCUT2D eigenvalue weighted by atomic mass is 32.2. The number of benzene rings is 2. The molecule has 1 heterocycles. The summed E-state index contributed by atoms with van der Waals surface area (Å²) >= 11 is 0. The van der Waals surface area contributed by atoms with Gasteiger partial charge in [0.15, 0.2) is 0 Å². The Morgan fingerprint density at radius 3 is 2.14 bits per heavy atom. The predicted octanol–water partition coefficient (Wildman–Crippen LogP) is 1.64. The molecular weight excluding hydrogens is 420 g/mol. The average molecular weight is 441 g/mol. The van der Waals surface area contributed by atoms with Crippen LogP contribution >= 0.6 is 0 Å². The van der Waals surface area contributed by atoms with Gasteiger partial charge in [-0.25, -0.2) is 22.0 Å². The van der Waals surface area contributed by atoms with Crippen molar-refractivity contribution in [1.29, 1.82) is 0 Å². The summed E-state index contributed by atoms with van der Waals surface area (Å²) in [6, 6.07) is 9.59. The van der Waals surface area contributed by atoms with E-state index in [2.05, 4.69) is 5.32 Å². The van der Waals surface area contributed by atoms with Crippen LogP contribution in [0.2, 0.25) is 0 Å². The molecule has 1 aliphatic heterocycles. The van der Waals surface area contributed by atoms with Crippen molar-refractivity contribution >= 4 is 31.4 Å². The number of nitrogens with zero attached hydrogens (tertiary/aromatic N) is 2. The van der Waals surface area contributed by atoms with Crippen molar-refractivity contribution < 1.29 is 21.8 Å². The molecule has 2 aromatic rings. The van der Waals surface area contributed by atoms with Crippen molar-refractivity contribution in [2.24, 2.45) is 5.14 Å². The second-order valence-electron chi connectivity index (χ2n) is 6.59. The van der Waals surface area contributed by atoms with Crippen LogP contribution in [0.25, 0.3) is 0 Å². The zero-order valence-corrected chi connectivity index (χ0v) is 16.9. The second kappa shape index (κ2) is 8.06. The normalized spacial score (nSPS) is 15.3. The molecule has 12 heteroatoms. The van der Waals surface area contributed by atoms with Crippen LogP contribution in [0.1, 0.15) is 18.4 Å². The van der Waals surface area contributed by atoms with Crippen LogP contribution in [0.4, 0.5) is 11.4 Å². The third kappa shape index (κ3) is 4.72. The van der Waals surface area contributed by atoms with Gasteiger partial charge in [0.1, 0.15) is 5.69 Å². The molecular formula is C17H20N4O6S2. The number of nitro groups is 1. The first kappa shape index (κ1) is 21.2. The lowest BCUT2D eigenvalue weighted by atomic mass is 10.2. The van der Waals surface area contributed by atoms with Crippen molar-refractivity contribution in [3.05, 3.63) is 58.1 Å². The van der Waals surface area contributed by atoms with Gasteiger partial charge < -0.3 is 5.32 Å². The molecule has 1 fully saturated rings. The van der Waals surface area contributed by atoms with Crippen molar-refractivity contribution in [3.8, 4) is 0 Å². The first-order valence-electron chi connectivity index (χ1n) is 8.73. The number of sulfonamides is 2. The van der Waals surface area contributed by atoms with E-state index in [4.69, 9.17) is 5.14 Å². The number of nitro benzene ring substituents is 1. The van der Waals surface area contributed by atoms with Crippen LogP contribution in [-0.4, -0.2) is 39.2 Å². The van der Waals surface area contributed by atoms with E-state index in [1.807, 2.05) is 0 Å². The number of nitrogens with one attached hydrogen (secondary N) is 1. The van der Waals surface area contributed by atoms with Crippen molar-refractivity contribution in [1.82, 2.24) is 4.31 Å². The quantitative estimate of drug-likeness (QED) is 0.490. The van der Waals surface area contributed by atoms with Gasteiger partial charge >= 0.3 is 0 Å². The molecule has 0 aliphatic carbocycles. The Labute approximate surface area is 168 Å². The minimum absolute atomic E-state index is 0.121. The maximum Gasteiger partial charge on any atom is 0.293 e. The van der Waals surface area contributed by atoms with Gasteiger partial charge in [-0.1, -0.05) is 12.1 Å². The van der Waals surface area contributed by atoms with Gasteiger partial charge in [-0.2, -0.15) is 4.31 Å². The molecule has 1 aliphatic rings. The average Bonchev–Trinajstić information content (AvgIpc) is 3.21. The molecule has 3 rings (SSSR count). The van der Waals surface area contributed by atoms with Crippen molar-refractivity contribution in [3.63, 3.8) is 0 Å². The SMILES string of the molecule is NS(=O)(=O)c1ccc(NCc2ccc(S(=O)(=O)N3CCCC3)cc2)c([N+](=O)[O-])c1. The fourth-order valence-electron chi connectivity index (χ4n) is 3.04. The minimum atomic E-state index is -4.06. The maximum absolute atomic E-state index is 12.5. The lowest BCUT2D eigenvalue weighted by Crippen LogP contribution is -2.27. The second-order valence-corrected chi connectivity index (χ2v) is 10.1. The molecule has 10 nitrogen and oxygen atoms in total. The third-order valence-electron chi connectivity index (χ3n) is 4.60. The van der Waals surface area contributed by atoms with Gasteiger partial charge in [0, 0.05) is 25.7 Å². The molecule has 0 radical (unpaired) electrons. The summed E-state index contributed by atoms with van der Waals surface area (Å²) in [5, 5.41) is 19.1. The molecule has 3 N–H and O–H groups in total. The van der Waals surface area contributed by atoms with Gasteiger partial charge in [-0.05, 0) is 42.7 Å². The van der Waals surface area contributed by atoms with E-state index in [1.165, 1.54) is 28.6 Å². The highest BCUT2D eigenvalue weighted by Gasteiger charge is 2.27. The summed E-state index contributed by atoms with van der Waals surface area (Å²) in [6.07, 6.45) is 1.70. The van der Waals surface area contributed by atoms with Crippen molar-refractivity contribution in [2.75, 3.05) is 18.4 Å². The zero-order valence-electron chi connectivity index (χ0n) is 15.3. The fraction of sp³-hybridized carbons (Fsp3) is 0.294. The van der Waals surface area contributed by atoms with Crippen LogP contribution < -0.4 is 10.5 Å². The predicted molar refractivity (Wildman–Crippen MR) is 106 cm³/mol. The van der Waals surface area contributed by atoms with E-state index in [0.29, 0.717) is 18.7 Å². The number of rotatable bonds is 7. The highest BCUT2D eigenvalue weighted by Crippen LogP contribution is 2.28. The van der Waals surface area contributed by atoms with Gasteiger partial charge in [-0.15, -0.1) is 0 Å². The number of anilines is 1. The van der Waals surface area contributed by atoms with Crippen LogP contribution in [-0.2, 0) is 26.6 Å². The zero-order chi connectivity index (χ0) is 21.2. The van der Waals surface area contributed by atoms with E-state index in [9.17, 15) is 26.9 Å². The number of hydrogen-bond acceptors (Lipinski definition) is 7. The Morgan fingerprint density at radius 2 is 1.59 bits per heavy atom. The summed E-state index contributed by atoms with van der Waals surface area (Å²) in [7, 11) is -7.57. The summed E-state index contributed by atoms with van der Waals surface area (Å²) in [5.41, 5.74) is 0.399. The Balaban J connectivity index is 1.76. The molecule has 0 spiro atoms. The first-order chi connectivity index (χ1) is 13.6. The topological polar surface area (TPSA) is 153 Å². The van der Waals surface area contributed by atoms with E-state index in [0.717, 1.165) is 18.9 Å². The van der Waals surface area contributed by atoms with E-state index < -0.39 is 30.7 Å². The largest absolute Gasteiger partial charge is 0.375 e. The monoisotopic (exact) mass is 440 g/mol. The van der Waals surface area contributed by atoms with Gasteiger partial charge in [0.2, 0.25) is 20.0 Å². The smallest absolute Gasteiger partial charge is 0.293 e. The van der Waals surface area contributed by atoms with Crippen molar-refractivity contribution in [2.45, 2.75) is 29.2 Å². The number of nitrogens with two attached hydrogens (primary N) is 1. The first-order valence-corrected chi connectivity index (χ1v) is 11.7. The van der Waals surface area contributed by atoms with Crippen LogP contribution in [0, 0.1) is 10.1 Å². The van der Waals surface area contributed by atoms with E-state index >= 15 is 0 Å². The molecule has 0 saturated carbocycles. The van der Waals surface area contributed by atoms with E-state index in [-0.39, 0.29) is 22.0 Å². The molecule has 156 valence electrons. The molecule has 0 aromatic heterocycles. The minimum Gasteiger partial charge on any atom is -0.375 e. The van der Waals surface area contributed by atoms with Gasteiger partial charge in [0.25, 0.3) is 5.69 Å². The standard InChI is InChI=1S/C17H20N4O6S2/c18-28(24,25)15-7-8-16(17(11-15)21(22)23)19-12-13-3-5-14(6-4-13)29(26,27)20-9-1-2-10-20/h3-8,11,19H,1-2,9-10,12H2,(H2,18,24,25). The lowest BCUT2D eigenvalue weighted by molar-refractivity contribution is -0.384. The Morgan fingerprint density at radius 1 is 1.00 bits per heavy atom. The third-order valence-corrected chi connectivity index (χ3v) is 7.43. The van der Waals surface area contributed by atoms with Gasteiger partial charge in [0.05, 0.1) is 14.7 Å². The highest BCUT2D eigenvalue weighted by molar-refractivity contribution is 7.89. The summed E-state index contributed by atoms with van der Waals surface area (Å²) in [5.74, 6) is 0. The molecule has 0 bridgehead atoms. The molecule has 0 unspecified atom stereocenters. The molecule has 2 aromatic carbocycles. The molecule has 29 heavy (non-hydrogen) atoms.